The first-order valence-electron chi connectivity index (χ1n) is 6.99. The molecule has 0 radical (unpaired) electrons. The molecule has 1 aliphatic heterocycles. The minimum absolute atomic E-state index is 0.117. The predicted octanol–water partition coefficient (Wildman–Crippen LogP) is 3.48. The van der Waals surface area contributed by atoms with Crippen molar-refractivity contribution in [3.8, 4) is 0 Å². The topological polar surface area (TPSA) is 52.6 Å². The summed E-state index contributed by atoms with van der Waals surface area (Å²) in [5.41, 5.74) is -2.19. The van der Waals surface area contributed by atoms with E-state index in [1.807, 2.05) is 34.6 Å². The molecule has 1 unspecified atom stereocenters. The van der Waals surface area contributed by atoms with Gasteiger partial charge in [-0.25, -0.2) is 0 Å². The Morgan fingerprint density at radius 1 is 1.32 bits per heavy atom. The molecule has 112 valence electrons. The molecule has 0 aliphatic carbocycles. The molecule has 19 heavy (non-hydrogen) atoms. The van der Waals surface area contributed by atoms with Crippen molar-refractivity contribution in [3.63, 3.8) is 0 Å². The number of cyclic esters (lactones) is 1. The van der Waals surface area contributed by atoms with Crippen LogP contribution >= 0.6 is 0 Å². The van der Waals surface area contributed by atoms with Crippen LogP contribution in [0, 0.1) is 5.41 Å². The van der Waals surface area contributed by atoms with Crippen LogP contribution in [-0.4, -0.2) is 23.1 Å². The highest BCUT2D eigenvalue weighted by Crippen LogP contribution is 2.40. The summed E-state index contributed by atoms with van der Waals surface area (Å²) in [6.45, 7) is 14.9. The first-order valence-corrected chi connectivity index (χ1v) is 6.99. The van der Waals surface area contributed by atoms with Gasteiger partial charge in [-0.15, -0.1) is 0 Å². The van der Waals surface area contributed by atoms with Gasteiger partial charge in [-0.1, -0.05) is 20.8 Å². The number of hydrogen-bond donors (Lipinski definition) is 0. The van der Waals surface area contributed by atoms with E-state index in [2.05, 4.69) is 0 Å². The van der Waals surface area contributed by atoms with Crippen LogP contribution in [-0.2, 0) is 19.1 Å². The molecule has 1 rings (SSSR count). The second kappa shape index (κ2) is 5.93. The van der Waals surface area contributed by atoms with E-state index in [4.69, 9.17) is 9.47 Å². The van der Waals surface area contributed by atoms with E-state index in [0.29, 0.717) is 6.42 Å². The lowest BCUT2D eigenvalue weighted by Gasteiger charge is -2.36. The maximum absolute atomic E-state index is 12.1. The average molecular weight is 272 g/mol. The minimum Gasteiger partial charge on any atom is -0.455 e. The van der Waals surface area contributed by atoms with E-state index >= 15 is 0 Å². The number of esters is 2. The predicted molar refractivity (Wildman–Crippen MR) is 74.7 cm³/mol. The van der Waals surface area contributed by atoms with Crippen molar-refractivity contribution in [1.29, 1.82) is 0 Å². The van der Waals surface area contributed by atoms with Gasteiger partial charge < -0.3 is 9.47 Å². The van der Waals surface area contributed by atoms with Crippen LogP contribution in [0.15, 0.2) is 0 Å². The molecule has 0 N–H and O–H groups in total. The van der Waals surface area contributed by atoms with Gasteiger partial charge >= 0.3 is 11.9 Å². The zero-order valence-electron chi connectivity index (χ0n) is 13.5. The highest BCUT2D eigenvalue weighted by Gasteiger charge is 2.55. The summed E-state index contributed by atoms with van der Waals surface area (Å²) in [5, 5.41) is 0. The number of hydrogen-bond acceptors (Lipinski definition) is 4. The summed E-state index contributed by atoms with van der Waals surface area (Å²) in [6, 6.07) is 0. The van der Waals surface area contributed by atoms with Gasteiger partial charge in [-0.05, 0) is 41.0 Å². The van der Waals surface area contributed by atoms with Gasteiger partial charge in [0.25, 0.3) is 0 Å². The number of carbonyl (C=O) groups is 2. The summed E-state index contributed by atoms with van der Waals surface area (Å²) in [5.74, 6) is -0.603. The lowest BCUT2D eigenvalue weighted by molar-refractivity contribution is -0.184. The van der Waals surface area contributed by atoms with Crippen LogP contribution < -0.4 is 0 Å². The molecule has 0 aromatic rings. The van der Waals surface area contributed by atoms with Crippen molar-refractivity contribution >= 4 is 11.9 Å². The smallest absolute Gasteiger partial charge is 0.312 e. The zero-order valence-corrected chi connectivity index (χ0v) is 13.5. The second-order valence-corrected chi connectivity index (χ2v) is 6.02. The van der Waals surface area contributed by atoms with Crippen molar-refractivity contribution < 1.29 is 19.1 Å². The first-order chi connectivity index (χ1) is 8.54. The van der Waals surface area contributed by atoms with Crippen molar-refractivity contribution in [2.24, 2.45) is 5.41 Å². The van der Waals surface area contributed by atoms with E-state index in [0.717, 1.165) is 0 Å². The lowest BCUT2D eigenvalue weighted by atomic mass is 9.85. The van der Waals surface area contributed by atoms with E-state index in [-0.39, 0.29) is 18.4 Å². The van der Waals surface area contributed by atoms with Crippen LogP contribution in [0.25, 0.3) is 0 Å². The summed E-state index contributed by atoms with van der Waals surface area (Å²) < 4.78 is 10.8. The zero-order chi connectivity index (χ0) is 15.5. The Kier molecular flexibility index (Phi) is 5.60. The van der Waals surface area contributed by atoms with Crippen LogP contribution in [0.4, 0.5) is 0 Å². The van der Waals surface area contributed by atoms with E-state index in [9.17, 15) is 9.59 Å². The van der Waals surface area contributed by atoms with Gasteiger partial charge in [-0.3, -0.25) is 9.59 Å². The maximum Gasteiger partial charge on any atom is 0.312 e. The summed E-state index contributed by atoms with van der Waals surface area (Å²) in [7, 11) is 0. The summed E-state index contributed by atoms with van der Waals surface area (Å²) in [6.07, 6.45) is 0.808. The molecular weight excluding hydrogens is 244 g/mol. The molecule has 1 heterocycles. The van der Waals surface area contributed by atoms with Crippen LogP contribution in [0.5, 0.6) is 0 Å². The quantitative estimate of drug-likeness (QED) is 0.738. The maximum atomic E-state index is 12.1. The molecular formula is C15H28O4. The average Bonchev–Trinajstić information content (AvgIpc) is 2.49. The van der Waals surface area contributed by atoms with Crippen LogP contribution in [0.3, 0.4) is 0 Å². The lowest BCUT2D eigenvalue weighted by Crippen LogP contribution is -2.49. The van der Waals surface area contributed by atoms with Crippen LogP contribution in [0.2, 0.25) is 0 Å². The molecule has 0 bridgehead atoms. The molecule has 0 aromatic carbocycles. The summed E-state index contributed by atoms with van der Waals surface area (Å²) >= 11 is 0. The standard InChI is InChI=1S/C13H22O4.C2H6/c1-7-11(2,3)10(15)17-13(6)8-9(14)16-12(13,4)5;1-2/h7-8H2,1-6H3;1-2H3. The third-order valence-electron chi connectivity index (χ3n) is 3.88. The van der Waals surface area contributed by atoms with Crippen molar-refractivity contribution in [2.45, 2.75) is 79.4 Å². The van der Waals surface area contributed by atoms with E-state index in [1.165, 1.54) is 0 Å². The minimum atomic E-state index is -0.881. The largest absolute Gasteiger partial charge is 0.455 e. The Bertz CT molecular complexity index is 344. The number of ether oxygens (including phenoxy) is 2. The third-order valence-corrected chi connectivity index (χ3v) is 3.88. The molecule has 4 heteroatoms. The normalized spacial score (nSPS) is 25.2. The molecule has 0 spiro atoms. The van der Waals surface area contributed by atoms with Crippen molar-refractivity contribution in [2.75, 3.05) is 0 Å². The Balaban J connectivity index is 0.00000154. The second-order valence-electron chi connectivity index (χ2n) is 6.02. The highest BCUT2D eigenvalue weighted by molar-refractivity contribution is 5.79. The molecule has 1 saturated heterocycles. The Morgan fingerprint density at radius 2 is 1.79 bits per heavy atom. The molecule has 0 saturated carbocycles. The van der Waals surface area contributed by atoms with Crippen LogP contribution in [0.1, 0.15) is 68.2 Å². The molecule has 0 aromatic heterocycles. The van der Waals surface area contributed by atoms with Gasteiger partial charge in [0.1, 0.15) is 5.60 Å². The molecule has 1 atom stereocenters. The Labute approximate surface area is 116 Å². The summed E-state index contributed by atoms with van der Waals surface area (Å²) in [4.78, 5) is 23.4. The van der Waals surface area contributed by atoms with E-state index < -0.39 is 16.6 Å². The molecule has 1 fully saturated rings. The first kappa shape index (κ1) is 17.9. The number of rotatable bonds is 3. The van der Waals surface area contributed by atoms with Gasteiger partial charge in [0, 0.05) is 0 Å². The Hall–Kier alpha value is -1.06. The van der Waals surface area contributed by atoms with Gasteiger partial charge in [0.05, 0.1) is 11.8 Å². The monoisotopic (exact) mass is 272 g/mol. The fourth-order valence-corrected chi connectivity index (χ4v) is 1.56. The van der Waals surface area contributed by atoms with Gasteiger partial charge in [0.2, 0.25) is 0 Å². The van der Waals surface area contributed by atoms with E-state index in [1.54, 1.807) is 20.8 Å². The van der Waals surface area contributed by atoms with Crippen molar-refractivity contribution in [3.05, 3.63) is 0 Å². The Morgan fingerprint density at radius 3 is 2.11 bits per heavy atom. The fraction of sp³-hybridized carbons (Fsp3) is 0.867. The van der Waals surface area contributed by atoms with Gasteiger partial charge in [0.15, 0.2) is 5.60 Å². The fourth-order valence-electron chi connectivity index (χ4n) is 1.56. The third kappa shape index (κ3) is 3.71. The highest BCUT2D eigenvalue weighted by atomic mass is 16.6. The molecule has 0 amide bonds. The molecule has 4 nitrogen and oxygen atoms in total. The SMILES string of the molecule is CC.CCC(C)(C)C(=O)OC1(C)CC(=O)OC1(C)C. The van der Waals surface area contributed by atoms with Gasteiger partial charge in [-0.2, -0.15) is 0 Å². The number of carbonyl (C=O) groups excluding carboxylic acids is 2. The van der Waals surface area contributed by atoms with Crippen molar-refractivity contribution in [1.82, 2.24) is 0 Å². The molecule has 1 aliphatic rings.